The van der Waals surface area contributed by atoms with Crippen LogP contribution in [0.3, 0.4) is 0 Å². The van der Waals surface area contributed by atoms with Gasteiger partial charge in [-0.15, -0.1) is 11.3 Å². The van der Waals surface area contributed by atoms with E-state index in [1.54, 1.807) is 0 Å². The van der Waals surface area contributed by atoms with E-state index < -0.39 is 0 Å². The van der Waals surface area contributed by atoms with E-state index in [9.17, 15) is 9.59 Å². The molecular weight excluding hydrogens is 346 g/mol. The van der Waals surface area contributed by atoms with E-state index >= 15 is 0 Å². The van der Waals surface area contributed by atoms with Gasteiger partial charge < -0.3 is 4.90 Å². The van der Waals surface area contributed by atoms with Crippen molar-refractivity contribution in [2.24, 2.45) is 5.92 Å². The number of likely N-dealkylation sites (tertiary alicyclic amines) is 1. The fraction of sp³-hybridized carbons (Fsp3) is 0.350. The van der Waals surface area contributed by atoms with Gasteiger partial charge >= 0.3 is 0 Å². The molecule has 1 aliphatic rings. The summed E-state index contributed by atoms with van der Waals surface area (Å²) in [5.74, 6) is 0.524. The summed E-state index contributed by atoms with van der Waals surface area (Å²) in [5.41, 5.74) is 1.62. The minimum atomic E-state index is -0.138. The summed E-state index contributed by atoms with van der Waals surface area (Å²) in [6.07, 6.45) is 3.69. The van der Waals surface area contributed by atoms with Crippen molar-refractivity contribution >= 4 is 27.5 Å². The molecule has 0 spiro atoms. The van der Waals surface area contributed by atoms with Crippen LogP contribution in [0.2, 0.25) is 0 Å². The molecule has 3 heterocycles. The largest absolute Gasteiger partial charge is 0.341 e. The Hall–Kier alpha value is -2.47. The molecule has 26 heavy (non-hydrogen) atoms. The molecule has 2 aromatic heterocycles. The summed E-state index contributed by atoms with van der Waals surface area (Å²) in [7, 11) is 0. The molecule has 1 fully saturated rings. The molecule has 0 bridgehead atoms. The first-order valence-corrected chi connectivity index (χ1v) is 9.75. The zero-order valence-electron chi connectivity index (χ0n) is 14.7. The standard InChI is InChI=1S/C20H21N3O2S/c1-14-6-5-9-22(11-14)18(24)12-23-13-21-16-10-17(26-19(16)20(23)25)15-7-3-2-4-8-15/h2-4,7-8,10,13-14H,5-6,9,11-12H2,1H3. The molecule has 4 rings (SSSR count). The number of carbonyl (C=O) groups is 1. The van der Waals surface area contributed by atoms with Crippen molar-refractivity contribution in [3.05, 3.63) is 53.1 Å². The molecule has 0 radical (unpaired) electrons. The Kier molecular flexibility index (Phi) is 4.59. The molecule has 1 aromatic carbocycles. The van der Waals surface area contributed by atoms with Crippen molar-refractivity contribution in [1.29, 1.82) is 0 Å². The lowest BCUT2D eigenvalue weighted by Crippen LogP contribution is -2.42. The number of hydrogen-bond donors (Lipinski definition) is 0. The SMILES string of the molecule is CC1CCCN(C(=O)Cn2cnc3cc(-c4ccccc4)sc3c2=O)C1. The topological polar surface area (TPSA) is 55.2 Å². The van der Waals surface area contributed by atoms with Gasteiger partial charge in [-0.25, -0.2) is 4.98 Å². The third kappa shape index (κ3) is 3.29. The van der Waals surface area contributed by atoms with Crippen molar-refractivity contribution in [3.63, 3.8) is 0 Å². The number of carbonyl (C=O) groups excluding carboxylic acids is 1. The highest BCUT2D eigenvalue weighted by Gasteiger charge is 2.21. The van der Waals surface area contributed by atoms with E-state index in [0.717, 1.165) is 36.4 Å². The summed E-state index contributed by atoms with van der Waals surface area (Å²) in [6.45, 7) is 3.79. The van der Waals surface area contributed by atoms with Gasteiger partial charge in [0.2, 0.25) is 5.91 Å². The second-order valence-corrected chi connectivity index (χ2v) is 8.01. The molecule has 1 atom stereocenters. The summed E-state index contributed by atoms with van der Waals surface area (Å²) in [6, 6.07) is 11.9. The number of benzene rings is 1. The van der Waals surface area contributed by atoms with Gasteiger partial charge in [0.1, 0.15) is 11.2 Å². The fourth-order valence-corrected chi connectivity index (χ4v) is 4.53. The van der Waals surface area contributed by atoms with Crippen molar-refractivity contribution < 1.29 is 4.79 Å². The minimum absolute atomic E-state index is 0.000334. The van der Waals surface area contributed by atoms with Crippen LogP contribution >= 0.6 is 11.3 Å². The Labute approximate surface area is 155 Å². The minimum Gasteiger partial charge on any atom is -0.341 e. The van der Waals surface area contributed by atoms with Crippen LogP contribution in [-0.4, -0.2) is 33.4 Å². The van der Waals surface area contributed by atoms with Crippen molar-refractivity contribution in [2.45, 2.75) is 26.3 Å². The molecule has 1 amide bonds. The molecule has 0 N–H and O–H groups in total. The zero-order chi connectivity index (χ0) is 18.1. The summed E-state index contributed by atoms with van der Waals surface area (Å²) in [4.78, 5) is 32.7. The fourth-order valence-electron chi connectivity index (χ4n) is 3.46. The first kappa shape index (κ1) is 17.0. The van der Waals surface area contributed by atoms with Crippen LogP contribution in [0.4, 0.5) is 0 Å². The second kappa shape index (κ2) is 7.03. The molecule has 1 unspecified atom stereocenters. The highest BCUT2D eigenvalue weighted by Crippen LogP contribution is 2.30. The quantitative estimate of drug-likeness (QED) is 0.713. The van der Waals surface area contributed by atoms with E-state index in [1.807, 2.05) is 41.3 Å². The Balaban J connectivity index is 1.61. The van der Waals surface area contributed by atoms with Gasteiger partial charge in [0.25, 0.3) is 5.56 Å². The van der Waals surface area contributed by atoms with E-state index in [1.165, 1.54) is 22.2 Å². The number of rotatable bonds is 3. The summed E-state index contributed by atoms with van der Waals surface area (Å²) >= 11 is 1.43. The molecule has 0 aliphatic carbocycles. The summed E-state index contributed by atoms with van der Waals surface area (Å²) in [5, 5.41) is 0. The lowest BCUT2D eigenvalue weighted by atomic mass is 10.0. The van der Waals surface area contributed by atoms with Gasteiger partial charge in [0, 0.05) is 18.0 Å². The predicted molar refractivity (Wildman–Crippen MR) is 104 cm³/mol. The number of piperidine rings is 1. The maximum absolute atomic E-state index is 12.8. The first-order valence-electron chi connectivity index (χ1n) is 8.94. The average molecular weight is 367 g/mol. The Morgan fingerprint density at radius 2 is 2.12 bits per heavy atom. The van der Waals surface area contributed by atoms with Gasteiger partial charge in [-0.2, -0.15) is 0 Å². The third-order valence-corrected chi connectivity index (χ3v) is 6.04. The van der Waals surface area contributed by atoms with E-state index in [0.29, 0.717) is 16.1 Å². The smallest absolute Gasteiger partial charge is 0.271 e. The van der Waals surface area contributed by atoms with Crippen LogP contribution < -0.4 is 5.56 Å². The maximum atomic E-state index is 12.8. The van der Waals surface area contributed by atoms with Gasteiger partial charge in [-0.1, -0.05) is 37.3 Å². The first-order chi connectivity index (χ1) is 12.6. The van der Waals surface area contributed by atoms with Crippen LogP contribution in [0.25, 0.3) is 20.7 Å². The van der Waals surface area contributed by atoms with Crippen LogP contribution in [-0.2, 0) is 11.3 Å². The molecule has 1 saturated heterocycles. The Morgan fingerprint density at radius 3 is 2.88 bits per heavy atom. The molecule has 3 aromatic rings. The lowest BCUT2D eigenvalue weighted by molar-refractivity contribution is -0.133. The van der Waals surface area contributed by atoms with Gasteiger partial charge in [0.05, 0.1) is 11.8 Å². The van der Waals surface area contributed by atoms with Gasteiger partial charge in [0.15, 0.2) is 0 Å². The highest BCUT2D eigenvalue weighted by atomic mass is 32.1. The van der Waals surface area contributed by atoms with Crippen LogP contribution in [0, 0.1) is 5.92 Å². The number of aromatic nitrogens is 2. The lowest BCUT2D eigenvalue weighted by Gasteiger charge is -2.31. The number of thiophene rings is 1. The van der Waals surface area contributed by atoms with E-state index in [2.05, 4.69) is 11.9 Å². The Bertz CT molecular complexity index is 993. The van der Waals surface area contributed by atoms with E-state index in [-0.39, 0.29) is 18.0 Å². The third-order valence-electron chi connectivity index (χ3n) is 4.88. The normalized spacial score (nSPS) is 17.6. The van der Waals surface area contributed by atoms with Gasteiger partial charge in [-0.3, -0.25) is 14.2 Å². The van der Waals surface area contributed by atoms with Gasteiger partial charge in [-0.05, 0) is 30.4 Å². The summed E-state index contributed by atoms with van der Waals surface area (Å²) < 4.78 is 2.04. The average Bonchev–Trinajstić information content (AvgIpc) is 3.10. The number of hydrogen-bond acceptors (Lipinski definition) is 4. The number of nitrogens with zero attached hydrogens (tertiary/aromatic N) is 3. The molecule has 1 aliphatic heterocycles. The Morgan fingerprint density at radius 1 is 1.31 bits per heavy atom. The molecule has 6 heteroatoms. The number of amides is 1. The molecule has 134 valence electrons. The second-order valence-electron chi connectivity index (χ2n) is 6.96. The van der Waals surface area contributed by atoms with Crippen molar-refractivity contribution in [3.8, 4) is 10.4 Å². The highest BCUT2D eigenvalue weighted by molar-refractivity contribution is 7.22. The molecule has 5 nitrogen and oxygen atoms in total. The van der Waals surface area contributed by atoms with Crippen LogP contribution in [0.1, 0.15) is 19.8 Å². The molecule has 0 saturated carbocycles. The number of fused-ring (bicyclic) bond motifs is 1. The zero-order valence-corrected chi connectivity index (χ0v) is 15.5. The van der Waals surface area contributed by atoms with E-state index in [4.69, 9.17) is 0 Å². The van der Waals surface area contributed by atoms with Crippen LogP contribution in [0.5, 0.6) is 0 Å². The predicted octanol–water partition coefficient (Wildman–Crippen LogP) is 3.38. The van der Waals surface area contributed by atoms with Crippen molar-refractivity contribution in [2.75, 3.05) is 13.1 Å². The molecular formula is C20H21N3O2S. The maximum Gasteiger partial charge on any atom is 0.271 e. The van der Waals surface area contributed by atoms with Crippen molar-refractivity contribution in [1.82, 2.24) is 14.5 Å². The van der Waals surface area contributed by atoms with Crippen LogP contribution in [0.15, 0.2) is 47.5 Å². The monoisotopic (exact) mass is 367 g/mol.